The van der Waals surface area contributed by atoms with Gasteiger partial charge in [0.25, 0.3) is 5.91 Å². The second-order valence-electron chi connectivity index (χ2n) is 5.32. The van der Waals surface area contributed by atoms with E-state index in [1.165, 1.54) is 11.8 Å². The Morgan fingerprint density at radius 2 is 1.95 bits per heavy atom. The summed E-state index contributed by atoms with van der Waals surface area (Å²) in [6.07, 6.45) is 0. The van der Waals surface area contributed by atoms with Gasteiger partial charge in [-0.2, -0.15) is 0 Å². The van der Waals surface area contributed by atoms with Gasteiger partial charge in [-0.3, -0.25) is 9.59 Å². The second kappa shape index (κ2) is 7.92. The fourth-order valence-electron chi connectivity index (χ4n) is 1.37. The average Bonchev–Trinajstić information content (AvgIpc) is 2.35. The normalized spacial score (nSPS) is 11.1. The van der Waals surface area contributed by atoms with E-state index in [-0.39, 0.29) is 23.8 Å². The summed E-state index contributed by atoms with van der Waals surface area (Å²) < 4.78 is 4.89. The maximum atomic E-state index is 11.6. The van der Waals surface area contributed by atoms with Crippen LogP contribution in [0.5, 0.6) is 0 Å². The van der Waals surface area contributed by atoms with Crippen molar-refractivity contribution < 1.29 is 14.3 Å². The molecule has 0 unspecified atom stereocenters. The number of nitrogens with one attached hydrogen (secondary N) is 1. The van der Waals surface area contributed by atoms with E-state index >= 15 is 0 Å². The Morgan fingerprint density at radius 1 is 1.29 bits per heavy atom. The summed E-state index contributed by atoms with van der Waals surface area (Å²) in [5.41, 5.74) is -0.355. The summed E-state index contributed by atoms with van der Waals surface area (Å²) in [6.45, 7) is 5.26. The lowest BCUT2D eigenvalue weighted by molar-refractivity contribution is -0.146. The average molecular weight is 350 g/mol. The quantitative estimate of drug-likeness (QED) is 0.652. The van der Waals surface area contributed by atoms with E-state index in [9.17, 15) is 9.59 Å². The minimum absolute atomic E-state index is 0.0584. The molecule has 0 saturated carbocycles. The topological polar surface area (TPSA) is 55.4 Å². The number of thioether (sulfide) groups is 1. The maximum absolute atomic E-state index is 11.6. The Labute approximate surface area is 138 Å². The van der Waals surface area contributed by atoms with E-state index in [0.717, 1.165) is 0 Å². The molecule has 0 aliphatic rings. The molecule has 0 aromatic heterocycles. The summed E-state index contributed by atoms with van der Waals surface area (Å²) in [5.74, 6) is -0.759. The van der Waals surface area contributed by atoms with Crippen molar-refractivity contribution in [2.75, 3.05) is 12.4 Å². The molecule has 1 rings (SSSR count). The number of hydrogen-bond acceptors (Lipinski definition) is 4. The first kappa shape index (κ1) is 18.1. The van der Waals surface area contributed by atoms with Crippen molar-refractivity contribution in [1.82, 2.24) is 5.32 Å². The zero-order chi connectivity index (χ0) is 16.0. The minimum atomic E-state index is -0.486. The van der Waals surface area contributed by atoms with E-state index < -0.39 is 5.97 Å². The Morgan fingerprint density at radius 3 is 2.57 bits per heavy atom. The van der Waals surface area contributed by atoms with Crippen molar-refractivity contribution in [3.8, 4) is 0 Å². The monoisotopic (exact) mass is 349 g/mol. The predicted molar refractivity (Wildman–Crippen MR) is 86.0 cm³/mol. The van der Waals surface area contributed by atoms with Gasteiger partial charge in [0.1, 0.15) is 0 Å². The van der Waals surface area contributed by atoms with Crippen molar-refractivity contribution in [1.29, 1.82) is 0 Å². The first-order chi connectivity index (χ1) is 9.67. The fraction of sp³-hybridized carbons (Fsp3) is 0.429. The van der Waals surface area contributed by atoms with Gasteiger partial charge in [-0.25, -0.2) is 0 Å². The number of esters is 1. The molecule has 0 bridgehead atoms. The summed E-state index contributed by atoms with van der Waals surface area (Å²) >= 11 is 13.1. The summed E-state index contributed by atoms with van der Waals surface area (Å²) in [6, 6.07) is 5.01. The highest BCUT2D eigenvalue weighted by molar-refractivity contribution is 8.00. The zero-order valence-corrected chi connectivity index (χ0v) is 14.4. The highest BCUT2D eigenvalue weighted by Crippen LogP contribution is 2.29. The number of benzene rings is 1. The van der Waals surface area contributed by atoms with Crippen LogP contribution in [0.2, 0.25) is 10.0 Å². The van der Waals surface area contributed by atoms with E-state index in [1.54, 1.807) is 18.2 Å². The summed E-state index contributed by atoms with van der Waals surface area (Å²) in [7, 11) is 0. The summed E-state index contributed by atoms with van der Waals surface area (Å²) in [4.78, 5) is 23.8. The van der Waals surface area contributed by atoms with Crippen LogP contribution in [0.4, 0.5) is 0 Å². The van der Waals surface area contributed by atoms with Crippen LogP contribution in [-0.4, -0.2) is 29.8 Å². The first-order valence-electron chi connectivity index (χ1n) is 6.22. The highest BCUT2D eigenvalue weighted by atomic mass is 35.5. The van der Waals surface area contributed by atoms with Crippen molar-refractivity contribution in [2.45, 2.75) is 31.2 Å². The molecule has 1 aromatic carbocycles. The molecule has 7 heteroatoms. The van der Waals surface area contributed by atoms with Gasteiger partial charge >= 0.3 is 5.97 Å². The molecule has 0 heterocycles. The van der Waals surface area contributed by atoms with Crippen LogP contribution in [0.3, 0.4) is 0 Å². The van der Waals surface area contributed by atoms with Crippen molar-refractivity contribution in [2.24, 2.45) is 0 Å². The predicted octanol–water partition coefficient (Wildman–Crippen LogP) is 3.54. The van der Waals surface area contributed by atoms with Gasteiger partial charge in [0.2, 0.25) is 0 Å². The van der Waals surface area contributed by atoms with Gasteiger partial charge in [-0.15, -0.1) is 11.8 Å². The van der Waals surface area contributed by atoms with Crippen LogP contribution < -0.4 is 5.32 Å². The van der Waals surface area contributed by atoms with Crippen LogP contribution in [-0.2, 0) is 14.3 Å². The standard InChI is InChI=1S/C14H17Cl2NO3S/c1-14(2,3)17-12(18)7-20-13(19)8-21-11-6-9(15)4-5-10(11)16/h4-6H,7-8H2,1-3H3,(H,17,18). The van der Waals surface area contributed by atoms with E-state index in [2.05, 4.69) is 5.32 Å². The van der Waals surface area contributed by atoms with Crippen LogP contribution in [0, 0.1) is 0 Å². The van der Waals surface area contributed by atoms with Crippen LogP contribution in [0.25, 0.3) is 0 Å². The summed E-state index contributed by atoms with van der Waals surface area (Å²) in [5, 5.41) is 3.76. The third-order valence-electron chi connectivity index (χ3n) is 2.12. The van der Waals surface area contributed by atoms with Crippen molar-refractivity contribution in [3.05, 3.63) is 28.2 Å². The van der Waals surface area contributed by atoms with Gasteiger partial charge in [0, 0.05) is 15.5 Å². The molecule has 0 radical (unpaired) electrons. The zero-order valence-electron chi connectivity index (χ0n) is 12.0. The van der Waals surface area contributed by atoms with Crippen molar-refractivity contribution >= 4 is 46.8 Å². The Hall–Kier alpha value is -0.910. The van der Waals surface area contributed by atoms with Crippen LogP contribution in [0.1, 0.15) is 20.8 Å². The number of amides is 1. The van der Waals surface area contributed by atoms with Crippen molar-refractivity contribution in [3.63, 3.8) is 0 Å². The molecule has 21 heavy (non-hydrogen) atoms. The first-order valence-corrected chi connectivity index (χ1v) is 7.96. The Bertz CT molecular complexity index is 529. The molecule has 0 saturated heterocycles. The molecule has 1 N–H and O–H groups in total. The minimum Gasteiger partial charge on any atom is -0.455 e. The third kappa shape index (κ3) is 7.60. The van der Waals surface area contributed by atoms with E-state index in [1.807, 2.05) is 20.8 Å². The SMILES string of the molecule is CC(C)(C)NC(=O)COC(=O)CSc1cc(Cl)ccc1Cl. The number of carbonyl (C=O) groups is 2. The van der Waals surface area contributed by atoms with Gasteiger partial charge in [0.05, 0.1) is 10.8 Å². The molecule has 0 fully saturated rings. The molecule has 1 aromatic rings. The number of rotatable bonds is 5. The molecule has 0 atom stereocenters. The number of halogens is 2. The third-order valence-corrected chi connectivity index (χ3v) is 3.82. The Balaban J connectivity index is 2.38. The van der Waals surface area contributed by atoms with E-state index in [4.69, 9.17) is 27.9 Å². The molecule has 4 nitrogen and oxygen atoms in total. The molecule has 0 aliphatic carbocycles. The molecule has 0 spiro atoms. The van der Waals surface area contributed by atoms with Crippen LogP contribution >= 0.6 is 35.0 Å². The molecule has 116 valence electrons. The molecule has 1 amide bonds. The van der Waals surface area contributed by atoms with Gasteiger partial charge in [0.15, 0.2) is 6.61 Å². The molecule has 0 aliphatic heterocycles. The van der Waals surface area contributed by atoms with Crippen LogP contribution in [0.15, 0.2) is 23.1 Å². The van der Waals surface area contributed by atoms with E-state index in [0.29, 0.717) is 14.9 Å². The molecular weight excluding hydrogens is 333 g/mol. The lowest BCUT2D eigenvalue weighted by Crippen LogP contribution is -2.42. The van der Waals surface area contributed by atoms with Gasteiger partial charge in [-0.1, -0.05) is 23.2 Å². The lowest BCUT2D eigenvalue weighted by Gasteiger charge is -2.20. The molecular formula is C14H17Cl2NO3S. The second-order valence-corrected chi connectivity index (χ2v) is 7.18. The number of carbonyl (C=O) groups excluding carboxylic acids is 2. The fourth-order valence-corrected chi connectivity index (χ4v) is 2.66. The lowest BCUT2D eigenvalue weighted by atomic mass is 10.1. The largest absolute Gasteiger partial charge is 0.455 e. The van der Waals surface area contributed by atoms with Gasteiger partial charge in [-0.05, 0) is 39.0 Å². The maximum Gasteiger partial charge on any atom is 0.316 e. The highest BCUT2D eigenvalue weighted by Gasteiger charge is 2.15. The smallest absolute Gasteiger partial charge is 0.316 e. The Kier molecular flexibility index (Phi) is 6.84. The number of ether oxygens (including phenoxy) is 1. The number of hydrogen-bond donors (Lipinski definition) is 1. The van der Waals surface area contributed by atoms with Gasteiger partial charge < -0.3 is 10.1 Å².